The van der Waals surface area contributed by atoms with Crippen LogP contribution in [0.15, 0.2) is 0 Å². The minimum absolute atomic E-state index is 0.0693. The maximum absolute atomic E-state index is 14.0. The van der Waals surface area contributed by atoms with Crippen molar-refractivity contribution in [3.05, 3.63) is 0 Å². The summed E-state index contributed by atoms with van der Waals surface area (Å²) in [6, 6.07) is -1.07. The maximum atomic E-state index is 14.0. The van der Waals surface area contributed by atoms with E-state index in [9.17, 15) is 19.5 Å². The van der Waals surface area contributed by atoms with Gasteiger partial charge in [-0.15, -0.1) is 11.8 Å². The molecule has 0 aromatic heterocycles. The molecule has 3 fully saturated rings. The molecule has 7 nitrogen and oxygen atoms in total. The van der Waals surface area contributed by atoms with Gasteiger partial charge in [0.2, 0.25) is 17.7 Å². The van der Waals surface area contributed by atoms with E-state index in [1.165, 1.54) is 0 Å². The third-order valence-corrected chi connectivity index (χ3v) is 9.71. The van der Waals surface area contributed by atoms with Crippen molar-refractivity contribution in [2.45, 2.75) is 101 Å². The van der Waals surface area contributed by atoms with Crippen molar-refractivity contribution < 1.29 is 19.5 Å². The Hall–Kier alpha value is -1.28. The minimum atomic E-state index is -0.650. The number of thioether (sulfide) groups is 1. The van der Waals surface area contributed by atoms with Crippen molar-refractivity contribution in [1.29, 1.82) is 0 Å². The molecule has 3 rings (SSSR count). The molecule has 3 N–H and O–H groups in total. The molecule has 2 bridgehead atoms. The fraction of sp³-hybridized carbons (Fsp3) is 0.880. The number of aliphatic hydroxyl groups is 1. The maximum Gasteiger partial charge on any atom is 0.244 e. The Morgan fingerprint density at radius 2 is 1.82 bits per heavy atom. The van der Waals surface area contributed by atoms with Gasteiger partial charge in [0, 0.05) is 17.8 Å². The van der Waals surface area contributed by atoms with Crippen LogP contribution in [0.3, 0.4) is 0 Å². The molecular formula is C25H43N3O4S. The summed E-state index contributed by atoms with van der Waals surface area (Å²) in [6.45, 7) is 11.3. The van der Waals surface area contributed by atoms with Gasteiger partial charge in [-0.3, -0.25) is 14.4 Å². The van der Waals surface area contributed by atoms with Gasteiger partial charge in [0.05, 0.1) is 29.2 Å². The highest BCUT2D eigenvalue weighted by atomic mass is 32.2. The Kier molecular flexibility index (Phi) is 8.41. The van der Waals surface area contributed by atoms with Gasteiger partial charge >= 0.3 is 0 Å². The Morgan fingerprint density at radius 3 is 2.42 bits per heavy atom. The number of hydrogen-bond acceptors (Lipinski definition) is 5. The number of nitrogens with zero attached hydrogens (tertiary/aromatic N) is 1. The summed E-state index contributed by atoms with van der Waals surface area (Å²) in [6.07, 6.45) is 6.03. The third kappa shape index (κ3) is 4.66. The number of carbonyl (C=O) groups is 3. The first-order valence-electron chi connectivity index (χ1n) is 12.9. The minimum Gasteiger partial charge on any atom is -0.394 e. The number of amides is 3. The van der Waals surface area contributed by atoms with Crippen LogP contribution in [0.25, 0.3) is 0 Å². The number of aliphatic hydroxyl groups excluding tert-OH is 1. The first-order chi connectivity index (χ1) is 15.7. The average Bonchev–Trinajstić information content (AvgIpc) is 3.34. The Bertz CT molecular complexity index is 747. The summed E-state index contributed by atoms with van der Waals surface area (Å²) in [5, 5.41) is 16.4. The van der Waals surface area contributed by atoms with Crippen molar-refractivity contribution >= 4 is 29.5 Å². The van der Waals surface area contributed by atoms with Crippen LogP contribution in [0.2, 0.25) is 0 Å². The lowest BCUT2D eigenvalue weighted by Crippen LogP contribution is -2.56. The monoisotopic (exact) mass is 481 g/mol. The molecule has 3 saturated heterocycles. The first kappa shape index (κ1) is 26.3. The molecular weight excluding hydrogens is 438 g/mol. The number of fused-ring (bicyclic) bond motifs is 1. The van der Waals surface area contributed by atoms with E-state index >= 15 is 0 Å². The molecule has 0 radical (unpaired) electrons. The summed E-state index contributed by atoms with van der Waals surface area (Å²) < 4.78 is -0.961. The lowest BCUT2D eigenvalue weighted by molar-refractivity contribution is -0.143. The van der Waals surface area contributed by atoms with Crippen LogP contribution in [-0.2, 0) is 14.4 Å². The second-order valence-corrected chi connectivity index (χ2v) is 12.6. The normalized spacial score (nSPS) is 33.5. The number of carbonyl (C=O) groups excluding carboxylic acids is 3. The van der Waals surface area contributed by atoms with Gasteiger partial charge < -0.3 is 20.6 Å². The Labute approximate surface area is 203 Å². The van der Waals surface area contributed by atoms with Gasteiger partial charge in [0.1, 0.15) is 6.04 Å². The predicted octanol–water partition coefficient (Wildman–Crippen LogP) is 2.71. The van der Waals surface area contributed by atoms with Crippen LogP contribution in [0.5, 0.6) is 0 Å². The first-order valence-corrected chi connectivity index (χ1v) is 13.7. The molecule has 3 heterocycles. The third-order valence-electron chi connectivity index (χ3n) is 7.72. The number of nitrogens with one attached hydrogen (secondary N) is 2. The molecule has 1 spiro atoms. The molecule has 0 aliphatic carbocycles. The van der Waals surface area contributed by atoms with Gasteiger partial charge in [-0.05, 0) is 44.9 Å². The summed E-state index contributed by atoms with van der Waals surface area (Å²) in [5.74, 6) is -1.03. The van der Waals surface area contributed by atoms with Crippen molar-refractivity contribution in [3.63, 3.8) is 0 Å². The van der Waals surface area contributed by atoms with Gasteiger partial charge in [-0.25, -0.2) is 0 Å². The predicted molar refractivity (Wildman–Crippen MR) is 132 cm³/mol. The zero-order valence-electron chi connectivity index (χ0n) is 21.0. The van der Waals surface area contributed by atoms with E-state index in [0.717, 1.165) is 38.5 Å². The van der Waals surface area contributed by atoms with Crippen molar-refractivity contribution in [1.82, 2.24) is 15.5 Å². The lowest BCUT2D eigenvalue weighted by Gasteiger charge is -2.37. The molecule has 3 aliphatic rings. The summed E-state index contributed by atoms with van der Waals surface area (Å²) in [4.78, 5) is 42.6. The zero-order valence-corrected chi connectivity index (χ0v) is 21.8. The molecule has 6 atom stereocenters. The highest BCUT2D eigenvalue weighted by Crippen LogP contribution is 2.71. The van der Waals surface area contributed by atoms with Crippen LogP contribution in [0.4, 0.5) is 0 Å². The van der Waals surface area contributed by atoms with Crippen LogP contribution >= 0.6 is 11.8 Å². The molecule has 188 valence electrons. The average molecular weight is 482 g/mol. The van der Waals surface area contributed by atoms with Crippen molar-refractivity contribution in [2.24, 2.45) is 17.8 Å². The summed E-state index contributed by atoms with van der Waals surface area (Å²) in [7, 11) is 0. The Balaban J connectivity index is 1.98. The van der Waals surface area contributed by atoms with Gasteiger partial charge in [-0.1, -0.05) is 40.5 Å². The summed E-state index contributed by atoms with van der Waals surface area (Å²) >= 11 is 1.69. The highest BCUT2D eigenvalue weighted by Gasteiger charge is 2.77. The molecule has 3 aliphatic heterocycles. The van der Waals surface area contributed by atoms with Crippen LogP contribution in [0.1, 0.15) is 79.6 Å². The van der Waals surface area contributed by atoms with E-state index in [0.29, 0.717) is 19.5 Å². The van der Waals surface area contributed by atoms with E-state index in [-0.39, 0.29) is 35.0 Å². The smallest absolute Gasteiger partial charge is 0.244 e. The molecule has 0 aromatic carbocycles. The van der Waals surface area contributed by atoms with Gasteiger partial charge in [0.25, 0.3) is 0 Å². The van der Waals surface area contributed by atoms with E-state index in [4.69, 9.17) is 0 Å². The van der Waals surface area contributed by atoms with Crippen LogP contribution in [-0.4, -0.2) is 69.0 Å². The molecule has 33 heavy (non-hydrogen) atoms. The number of rotatable bonds is 12. The standard InChI is InChI=1S/C25H43N3O4S/c1-6-8-9-13-27-22(31)20-25-11-10-24(5,33-25)18(21(30)26-12-7-2)19(25)23(32)28(20)17(15-29)14-16(3)4/h16-20,29H,6-15H2,1-5H3,(H,26,30)(H,27,31)/t17-,18+,19+,20?,24-,25?/m1/s1. The second kappa shape index (κ2) is 10.5. The van der Waals surface area contributed by atoms with E-state index in [1.807, 2.05) is 6.92 Å². The molecule has 0 aromatic rings. The molecule has 3 amide bonds. The quantitative estimate of drug-likeness (QED) is 0.372. The fourth-order valence-corrected chi connectivity index (χ4v) is 8.66. The highest BCUT2D eigenvalue weighted by molar-refractivity contribution is 8.02. The van der Waals surface area contributed by atoms with E-state index in [1.54, 1.807) is 16.7 Å². The second-order valence-electron chi connectivity index (χ2n) is 10.7. The SMILES string of the molecule is CCCCCNC(=O)C1N([C@@H](CO)CC(C)C)C(=O)[C@@H]2[C@@H](C(=O)NCCC)[C@@]3(C)CCC12S3. The molecule has 2 unspecified atom stereocenters. The number of likely N-dealkylation sites (tertiary alicyclic amines) is 1. The Morgan fingerprint density at radius 1 is 1.12 bits per heavy atom. The fourth-order valence-electron chi connectivity index (χ4n) is 6.32. The van der Waals surface area contributed by atoms with Gasteiger partial charge in [0.15, 0.2) is 0 Å². The number of unbranched alkanes of at least 4 members (excludes halogenated alkanes) is 2. The van der Waals surface area contributed by atoms with Crippen molar-refractivity contribution in [2.75, 3.05) is 19.7 Å². The van der Waals surface area contributed by atoms with E-state index in [2.05, 4.69) is 38.3 Å². The lowest BCUT2D eigenvalue weighted by atomic mass is 9.66. The molecule has 0 saturated carbocycles. The van der Waals surface area contributed by atoms with Crippen LogP contribution in [0, 0.1) is 17.8 Å². The topological polar surface area (TPSA) is 98.7 Å². The molecule has 8 heteroatoms. The van der Waals surface area contributed by atoms with Crippen LogP contribution < -0.4 is 10.6 Å². The zero-order chi connectivity index (χ0) is 24.4. The van der Waals surface area contributed by atoms with Crippen molar-refractivity contribution in [3.8, 4) is 0 Å². The number of hydrogen-bond donors (Lipinski definition) is 3. The van der Waals surface area contributed by atoms with Gasteiger partial charge in [-0.2, -0.15) is 0 Å². The van der Waals surface area contributed by atoms with E-state index < -0.39 is 28.7 Å². The summed E-state index contributed by atoms with van der Waals surface area (Å²) in [5.41, 5.74) is 0. The largest absolute Gasteiger partial charge is 0.394 e.